The monoisotopic (exact) mass is 859 g/mol. The molecule has 0 rings (SSSR count). The van der Waals surface area contributed by atoms with Crippen LogP contribution in [0.4, 0.5) is 0 Å². The van der Waals surface area contributed by atoms with Crippen LogP contribution in [0.5, 0.6) is 0 Å². The zero-order chi connectivity index (χ0) is 44.4. The van der Waals surface area contributed by atoms with Crippen molar-refractivity contribution in [3.05, 3.63) is 24.3 Å². The Hall–Kier alpha value is -2.11. The summed E-state index contributed by atoms with van der Waals surface area (Å²) < 4.78 is 16.6. The van der Waals surface area contributed by atoms with Crippen LogP contribution in [0.2, 0.25) is 0 Å². The number of rotatable bonds is 49. The Morgan fingerprint density at radius 3 is 0.902 bits per heavy atom. The Kier molecular flexibility index (Phi) is 48.8. The molecular formula is C55H102O6. The fraction of sp³-hybridized carbons (Fsp3) is 0.873. The molecule has 6 nitrogen and oxygen atoms in total. The summed E-state index contributed by atoms with van der Waals surface area (Å²) in [5, 5.41) is 0. The molecule has 0 radical (unpaired) electrons. The van der Waals surface area contributed by atoms with Gasteiger partial charge in [0.25, 0.3) is 0 Å². The number of unbranched alkanes of at least 4 members (excludes halogenated alkanes) is 34. The zero-order valence-corrected chi connectivity index (χ0v) is 40.9. The predicted octanol–water partition coefficient (Wildman–Crippen LogP) is 17.5. The summed E-state index contributed by atoms with van der Waals surface area (Å²) in [7, 11) is 0. The van der Waals surface area contributed by atoms with Gasteiger partial charge in [-0.2, -0.15) is 0 Å². The molecule has 0 aromatic heterocycles. The SMILES string of the molecule is CCCCCCC/C=C\C/C=C\CCCCCCCCCCCCCCCCCCCCCC(=O)OCC(COC(=O)CCCCCCC)OC(=O)CCCCCCCCC. The molecule has 0 aliphatic heterocycles. The normalized spacial score (nSPS) is 12.1. The van der Waals surface area contributed by atoms with Gasteiger partial charge in [0.15, 0.2) is 6.10 Å². The molecule has 0 amide bonds. The maximum absolute atomic E-state index is 12.6. The van der Waals surface area contributed by atoms with Crippen LogP contribution in [-0.4, -0.2) is 37.2 Å². The molecule has 0 saturated carbocycles. The Bertz CT molecular complexity index is 989. The van der Waals surface area contributed by atoms with E-state index in [0.29, 0.717) is 19.3 Å². The van der Waals surface area contributed by atoms with Crippen molar-refractivity contribution in [1.82, 2.24) is 0 Å². The van der Waals surface area contributed by atoms with Gasteiger partial charge in [-0.25, -0.2) is 0 Å². The highest BCUT2D eigenvalue weighted by atomic mass is 16.6. The predicted molar refractivity (Wildman–Crippen MR) is 261 cm³/mol. The maximum atomic E-state index is 12.6. The lowest BCUT2D eigenvalue weighted by Gasteiger charge is -2.18. The number of esters is 3. The first kappa shape index (κ1) is 58.9. The van der Waals surface area contributed by atoms with Crippen LogP contribution in [0.3, 0.4) is 0 Å². The van der Waals surface area contributed by atoms with Crippen molar-refractivity contribution in [2.45, 2.75) is 297 Å². The summed E-state index contributed by atoms with van der Waals surface area (Å²) in [4.78, 5) is 37.4. The molecule has 358 valence electrons. The second kappa shape index (κ2) is 50.5. The molecule has 0 aliphatic rings. The number of carbonyl (C=O) groups excluding carboxylic acids is 3. The molecule has 0 N–H and O–H groups in total. The highest BCUT2D eigenvalue weighted by molar-refractivity contribution is 5.71. The lowest BCUT2D eigenvalue weighted by atomic mass is 10.0. The molecule has 0 aliphatic carbocycles. The van der Waals surface area contributed by atoms with Gasteiger partial charge in [-0.1, -0.05) is 244 Å². The summed E-state index contributed by atoms with van der Waals surface area (Å²) in [6, 6.07) is 0. The van der Waals surface area contributed by atoms with E-state index in [1.807, 2.05) is 0 Å². The largest absolute Gasteiger partial charge is 0.462 e. The van der Waals surface area contributed by atoms with Gasteiger partial charge in [-0.3, -0.25) is 14.4 Å². The van der Waals surface area contributed by atoms with Gasteiger partial charge >= 0.3 is 17.9 Å². The van der Waals surface area contributed by atoms with Gasteiger partial charge < -0.3 is 14.2 Å². The smallest absolute Gasteiger partial charge is 0.306 e. The van der Waals surface area contributed by atoms with Gasteiger partial charge in [-0.05, 0) is 51.4 Å². The molecule has 0 fully saturated rings. The molecule has 0 aromatic rings. The molecule has 0 bridgehead atoms. The molecule has 6 heteroatoms. The van der Waals surface area contributed by atoms with Crippen LogP contribution in [0.25, 0.3) is 0 Å². The standard InChI is InChI=1S/C55H102O6/c1-4-7-10-13-15-16-17-18-19-20-21-22-23-24-25-26-27-28-29-30-31-32-33-34-35-36-37-38-40-42-45-48-54(57)60-51-52(50-59-53(56)47-44-41-12-9-6-3)61-55(58)49-46-43-39-14-11-8-5-2/h17-18,20-21,52H,4-16,19,22-51H2,1-3H3/b18-17-,21-20-. The average molecular weight is 859 g/mol. The van der Waals surface area contributed by atoms with Gasteiger partial charge in [0.05, 0.1) is 0 Å². The van der Waals surface area contributed by atoms with Crippen LogP contribution in [0.15, 0.2) is 24.3 Å². The van der Waals surface area contributed by atoms with Crippen LogP contribution < -0.4 is 0 Å². The van der Waals surface area contributed by atoms with Crippen molar-refractivity contribution < 1.29 is 28.6 Å². The highest BCUT2D eigenvalue weighted by Gasteiger charge is 2.19. The van der Waals surface area contributed by atoms with Crippen molar-refractivity contribution >= 4 is 17.9 Å². The number of hydrogen-bond donors (Lipinski definition) is 0. The Balaban J connectivity index is 3.78. The number of ether oxygens (including phenoxy) is 3. The third-order valence-electron chi connectivity index (χ3n) is 12.0. The van der Waals surface area contributed by atoms with Crippen molar-refractivity contribution in [3.63, 3.8) is 0 Å². The van der Waals surface area contributed by atoms with E-state index in [2.05, 4.69) is 45.1 Å². The molecule has 0 aromatic carbocycles. The van der Waals surface area contributed by atoms with E-state index >= 15 is 0 Å². The molecule has 1 atom stereocenters. The van der Waals surface area contributed by atoms with Crippen LogP contribution in [-0.2, 0) is 28.6 Å². The summed E-state index contributed by atoms with van der Waals surface area (Å²) >= 11 is 0. The van der Waals surface area contributed by atoms with Gasteiger partial charge in [0.1, 0.15) is 13.2 Å². The summed E-state index contributed by atoms with van der Waals surface area (Å²) in [5.41, 5.74) is 0. The van der Waals surface area contributed by atoms with Gasteiger partial charge in [0, 0.05) is 19.3 Å². The fourth-order valence-electron chi connectivity index (χ4n) is 7.89. The lowest BCUT2D eigenvalue weighted by molar-refractivity contribution is -0.167. The Labute approximate surface area is 379 Å². The third-order valence-corrected chi connectivity index (χ3v) is 12.0. The zero-order valence-electron chi connectivity index (χ0n) is 40.9. The average Bonchev–Trinajstić information content (AvgIpc) is 3.26. The molecule has 0 heterocycles. The molecule has 0 saturated heterocycles. The quantitative estimate of drug-likeness (QED) is 0.0262. The van der Waals surface area contributed by atoms with E-state index in [0.717, 1.165) is 70.6 Å². The number of carbonyl (C=O) groups is 3. The van der Waals surface area contributed by atoms with E-state index < -0.39 is 6.10 Å². The first-order valence-corrected chi connectivity index (χ1v) is 26.8. The topological polar surface area (TPSA) is 78.9 Å². The van der Waals surface area contributed by atoms with E-state index in [1.54, 1.807) is 0 Å². The minimum atomic E-state index is -0.759. The van der Waals surface area contributed by atoms with Crippen LogP contribution >= 0.6 is 0 Å². The van der Waals surface area contributed by atoms with Crippen molar-refractivity contribution in [3.8, 4) is 0 Å². The van der Waals surface area contributed by atoms with E-state index in [9.17, 15) is 14.4 Å². The third kappa shape index (κ3) is 48.8. The van der Waals surface area contributed by atoms with Gasteiger partial charge in [-0.15, -0.1) is 0 Å². The van der Waals surface area contributed by atoms with Crippen LogP contribution in [0, 0.1) is 0 Å². The van der Waals surface area contributed by atoms with Crippen molar-refractivity contribution in [2.24, 2.45) is 0 Å². The molecule has 1 unspecified atom stereocenters. The summed E-state index contributed by atoms with van der Waals surface area (Å²) in [6.45, 7) is 6.52. The second-order valence-electron chi connectivity index (χ2n) is 18.2. The molecule has 61 heavy (non-hydrogen) atoms. The van der Waals surface area contributed by atoms with Crippen LogP contribution in [0.1, 0.15) is 290 Å². The fourth-order valence-corrected chi connectivity index (χ4v) is 7.89. The van der Waals surface area contributed by atoms with E-state index in [-0.39, 0.29) is 31.1 Å². The molecule has 0 spiro atoms. The molecular weight excluding hydrogens is 757 g/mol. The van der Waals surface area contributed by atoms with Crippen molar-refractivity contribution in [2.75, 3.05) is 13.2 Å². The highest BCUT2D eigenvalue weighted by Crippen LogP contribution is 2.16. The number of allylic oxidation sites excluding steroid dienone is 4. The summed E-state index contributed by atoms with van der Waals surface area (Å²) in [5.74, 6) is -0.878. The lowest BCUT2D eigenvalue weighted by Crippen LogP contribution is -2.30. The Morgan fingerprint density at radius 2 is 0.590 bits per heavy atom. The number of hydrogen-bond acceptors (Lipinski definition) is 6. The summed E-state index contributed by atoms with van der Waals surface area (Å²) in [6.07, 6.45) is 58.3. The van der Waals surface area contributed by atoms with Crippen molar-refractivity contribution in [1.29, 1.82) is 0 Å². The minimum absolute atomic E-state index is 0.0673. The Morgan fingerprint density at radius 1 is 0.328 bits per heavy atom. The first-order valence-electron chi connectivity index (χ1n) is 26.8. The minimum Gasteiger partial charge on any atom is -0.462 e. The maximum Gasteiger partial charge on any atom is 0.306 e. The van der Waals surface area contributed by atoms with E-state index in [1.165, 1.54) is 180 Å². The first-order chi connectivity index (χ1) is 30.0. The van der Waals surface area contributed by atoms with E-state index in [4.69, 9.17) is 14.2 Å². The van der Waals surface area contributed by atoms with Gasteiger partial charge in [0.2, 0.25) is 0 Å². The second-order valence-corrected chi connectivity index (χ2v) is 18.2.